The zero-order valence-corrected chi connectivity index (χ0v) is 15.4. The van der Waals surface area contributed by atoms with Crippen LogP contribution in [0.25, 0.3) is 0 Å². The Labute approximate surface area is 155 Å². The number of rotatable bonds is 7. The maximum atomic E-state index is 12.7. The average Bonchev–Trinajstić information content (AvgIpc) is 2.59. The van der Waals surface area contributed by atoms with Gasteiger partial charge >= 0.3 is 5.97 Å². The van der Waals surface area contributed by atoms with E-state index in [0.29, 0.717) is 31.1 Å². The van der Waals surface area contributed by atoms with Gasteiger partial charge in [-0.05, 0) is 25.4 Å². The van der Waals surface area contributed by atoms with Gasteiger partial charge in [-0.15, -0.1) is 11.8 Å². The SMILES string of the molecule is CSc1ccc(C(=O)N2CCOC(CN(C)CC(=O)O)C2)cc1[N+](=O)[O-]. The van der Waals surface area contributed by atoms with Gasteiger partial charge in [-0.1, -0.05) is 0 Å². The normalized spacial score (nSPS) is 17.3. The highest BCUT2D eigenvalue weighted by molar-refractivity contribution is 7.98. The van der Waals surface area contributed by atoms with Crippen LogP contribution >= 0.6 is 11.8 Å². The topological polar surface area (TPSA) is 113 Å². The molecule has 0 radical (unpaired) electrons. The number of hydrogen-bond acceptors (Lipinski definition) is 7. The maximum absolute atomic E-state index is 12.7. The van der Waals surface area contributed by atoms with Crippen LogP contribution in [0.15, 0.2) is 23.1 Å². The van der Waals surface area contributed by atoms with E-state index >= 15 is 0 Å². The van der Waals surface area contributed by atoms with E-state index in [9.17, 15) is 19.7 Å². The van der Waals surface area contributed by atoms with Crippen molar-refractivity contribution in [3.05, 3.63) is 33.9 Å². The predicted octanol–water partition coefficient (Wildman–Crippen LogP) is 1.17. The van der Waals surface area contributed by atoms with Crippen molar-refractivity contribution in [2.24, 2.45) is 0 Å². The molecule has 0 bridgehead atoms. The zero-order valence-electron chi connectivity index (χ0n) is 14.6. The van der Waals surface area contributed by atoms with Crippen LogP contribution < -0.4 is 0 Å². The van der Waals surface area contributed by atoms with Crippen LogP contribution in [0, 0.1) is 10.1 Å². The molecule has 1 aromatic rings. The van der Waals surface area contributed by atoms with Crippen molar-refractivity contribution >= 4 is 29.3 Å². The van der Waals surface area contributed by atoms with Gasteiger partial charge < -0.3 is 14.7 Å². The number of carboxylic acid groups (broad SMARTS) is 1. The summed E-state index contributed by atoms with van der Waals surface area (Å²) in [7, 11) is 1.67. The molecular weight excluding hydrogens is 362 g/mol. The van der Waals surface area contributed by atoms with Crippen molar-refractivity contribution in [2.45, 2.75) is 11.0 Å². The van der Waals surface area contributed by atoms with Crippen molar-refractivity contribution in [1.29, 1.82) is 0 Å². The van der Waals surface area contributed by atoms with E-state index in [2.05, 4.69) is 0 Å². The van der Waals surface area contributed by atoms with E-state index in [1.807, 2.05) is 0 Å². The molecule has 1 amide bonds. The minimum absolute atomic E-state index is 0.0886. The minimum atomic E-state index is -0.933. The lowest BCUT2D eigenvalue weighted by Gasteiger charge is -2.34. The largest absolute Gasteiger partial charge is 0.480 e. The number of hydrogen-bond donors (Lipinski definition) is 1. The molecule has 0 saturated carbocycles. The lowest BCUT2D eigenvalue weighted by Crippen LogP contribution is -2.49. The monoisotopic (exact) mass is 383 g/mol. The second kappa shape index (κ2) is 8.97. The summed E-state index contributed by atoms with van der Waals surface area (Å²) in [6, 6.07) is 4.46. The summed E-state index contributed by atoms with van der Waals surface area (Å²) in [6.07, 6.45) is 1.43. The fraction of sp³-hybridized carbons (Fsp3) is 0.500. The van der Waals surface area contributed by atoms with Gasteiger partial charge in [-0.25, -0.2) is 0 Å². The van der Waals surface area contributed by atoms with Crippen molar-refractivity contribution in [2.75, 3.05) is 46.1 Å². The Morgan fingerprint density at radius 2 is 2.23 bits per heavy atom. The third-order valence-electron chi connectivity index (χ3n) is 3.97. The number of thioether (sulfide) groups is 1. The molecule has 10 heteroatoms. The lowest BCUT2D eigenvalue weighted by molar-refractivity contribution is -0.387. The highest BCUT2D eigenvalue weighted by Gasteiger charge is 2.27. The molecule has 1 saturated heterocycles. The fourth-order valence-electron chi connectivity index (χ4n) is 2.81. The van der Waals surface area contributed by atoms with Gasteiger partial charge in [0.1, 0.15) is 0 Å². The first kappa shape index (κ1) is 20.1. The Balaban J connectivity index is 2.08. The number of nitrogens with zero attached hydrogens (tertiary/aromatic N) is 3. The molecule has 1 aliphatic rings. The Kier molecular flexibility index (Phi) is 6.95. The van der Waals surface area contributed by atoms with Crippen LogP contribution in [-0.4, -0.2) is 83.9 Å². The van der Waals surface area contributed by atoms with Crippen molar-refractivity contribution in [3.63, 3.8) is 0 Å². The number of aliphatic carboxylic acids is 1. The van der Waals surface area contributed by atoms with E-state index in [1.54, 1.807) is 35.2 Å². The standard InChI is InChI=1S/C16H21N3O6S/c1-17(10-15(20)21)8-12-9-18(5-6-25-12)16(22)11-3-4-14(26-2)13(7-11)19(23)24/h3-4,7,12H,5-6,8-10H2,1-2H3,(H,20,21). The van der Waals surface area contributed by atoms with E-state index in [4.69, 9.17) is 9.84 Å². The zero-order chi connectivity index (χ0) is 19.3. The first-order valence-corrected chi connectivity index (χ1v) is 9.18. The number of carbonyl (C=O) groups is 2. The highest BCUT2D eigenvalue weighted by Crippen LogP contribution is 2.28. The third kappa shape index (κ3) is 5.16. The van der Waals surface area contributed by atoms with Crippen LogP contribution in [-0.2, 0) is 9.53 Å². The quantitative estimate of drug-likeness (QED) is 0.424. The molecule has 1 N–H and O–H groups in total. The second-order valence-electron chi connectivity index (χ2n) is 5.98. The van der Waals surface area contributed by atoms with E-state index in [-0.39, 0.29) is 29.8 Å². The summed E-state index contributed by atoms with van der Waals surface area (Å²) < 4.78 is 5.60. The summed E-state index contributed by atoms with van der Waals surface area (Å²) in [5.74, 6) is -1.23. The third-order valence-corrected chi connectivity index (χ3v) is 4.75. The van der Waals surface area contributed by atoms with Crippen LogP contribution in [0.1, 0.15) is 10.4 Å². The molecule has 1 aliphatic heterocycles. The van der Waals surface area contributed by atoms with Gasteiger partial charge in [-0.2, -0.15) is 0 Å². The van der Waals surface area contributed by atoms with Gasteiger partial charge in [0, 0.05) is 31.3 Å². The lowest BCUT2D eigenvalue weighted by atomic mass is 10.1. The molecule has 0 spiro atoms. The second-order valence-corrected chi connectivity index (χ2v) is 6.83. The molecule has 1 fully saturated rings. The molecule has 1 heterocycles. The first-order chi connectivity index (χ1) is 12.3. The number of nitro benzene ring substituents is 1. The Bertz CT molecular complexity index is 699. The number of carbonyl (C=O) groups excluding carboxylic acids is 1. The van der Waals surface area contributed by atoms with Gasteiger partial charge in [0.25, 0.3) is 11.6 Å². The molecule has 2 rings (SSSR count). The van der Waals surface area contributed by atoms with Crippen molar-refractivity contribution in [1.82, 2.24) is 9.80 Å². The molecular formula is C16H21N3O6S. The molecule has 26 heavy (non-hydrogen) atoms. The van der Waals surface area contributed by atoms with E-state index < -0.39 is 10.9 Å². The van der Waals surface area contributed by atoms with Crippen LogP contribution in [0.4, 0.5) is 5.69 Å². The Morgan fingerprint density at radius 3 is 2.85 bits per heavy atom. The first-order valence-electron chi connectivity index (χ1n) is 7.95. The number of ether oxygens (including phenoxy) is 1. The summed E-state index contributed by atoms with van der Waals surface area (Å²) in [4.78, 5) is 37.8. The summed E-state index contributed by atoms with van der Waals surface area (Å²) in [5.41, 5.74) is 0.170. The number of carboxylic acids is 1. The summed E-state index contributed by atoms with van der Waals surface area (Å²) >= 11 is 1.25. The number of morpholine rings is 1. The molecule has 1 aromatic carbocycles. The van der Waals surface area contributed by atoms with Crippen molar-refractivity contribution in [3.8, 4) is 0 Å². The minimum Gasteiger partial charge on any atom is -0.480 e. The van der Waals surface area contributed by atoms with Crippen molar-refractivity contribution < 1.29 is 24.4 Å². The van der Waals surface area contributed by atoms with Crippen LogP contribution in [0.3, 0.4) is 0 Å². The fourth-order valence-corrected chi connectivity index (χ4v) is 3.35. The molecule has 0 aromatic heterocycles. The van der Waals surface area contributed by atoms with Crippen LogP contribution in [0.5, 0.6) is 0 Å². The van der Waals surface area contributed by atoms with Gasteiger partial charge in [-0.3, -0.25) is 24.6 Å². The number of nitro groups is 1. The van der Waals surface area contributed by atoms with Gasteiger partial charge in [0.2, 0.25) is 0 Å². The molecule has 9 nitrogen and oxygen atoms in total. The molecule has 0 aliphatic carbocycles. The Morgan fingerprint density at radius 1 is 1.50 bits per heavy atom. The molecule has 1 unspecified atom stereocenters. The Hall–Kier alpha value is -2.17. The number of likely N-dealkylation sites (N-methyl/N-ethyl adjacent to an activating group) is 1. The average molecular weight is 383 g/mol. The van der Waals surface area contributed by atoms with E-state index in [0.717, 1.165) is 0 Å². The molecule has 1 atom stereocenters. The van der Waals surface area contributed by atoms with Gasteiger partial charge in [0.15, 0.2) is 0 Å². The predicted molar refractivity (Wildman–Crippen MR) is 95.7 cm³/mol. The highest BCUT2D eigenvalue weighted by atomic mass is 32.2. The molecule has 142 valence electrons. The van der Waals surface area contributed by atoms with E-state index in [1.165, 1.54) is 17.8 Å². The summed E-state index contributed by atoms with van der Waals surface area (Å²) in [5, 5.41) is 20.0. The smallest absolute Gasteiger partial charge is 0.317 e. The maximum Gasteiger partial charge on any atom is 0.317 e. The number of amides is 1. The van der Waals surface area contributed by atoms with Gasteiger partial charge in [0.05, 0.1) is 29.1 Å². The van der Waals surface area contributed by atoms with Crippen LogP contribution in [0.2, 0.25) is 0 Å². The number of benzene rings is 1. The summed E-state index contributed by atoms with van der Waals surface area (Å²) in [6.45, 7) is 1.29.